The van der Waals surface area contributed by atoms with Crippen molar-refractivity contribution in [3.63, 3.8) is 0 Å². The Labute approximate surface area is 186 Å². The Morgan fingerprint density at radius 3 is 2.45 bits per heavy atom. The zero-order valence-electron chi connectivity index (χ0n) is 17.8. The number of hydrogen-bond acceptors (Lipinski definition) is 6. The van der Waals surface area contributed by atoms with Gasteiger partial charge in [-0.3, -0.25) is 9.59 Å². The van der Waals surface area contributed by atoms with E-state index in [0.29, 0.717) is 30.7 Å². The molecule has 2 N–H and O–H groups in total. The van der Waals surface area contributed by atoms with E-state index >= 15 is 0 Å². The summed E-state index contributed by atoms with van der Waals surface area (Å²) in [5.41, 5.74) is -0.407. The van der Waals surface area contributed by atoms with E-state index in [1.54, 1.807) is 24.3 Å². The fourth-order valence-electron chi connectivity index (χ4n) is 3.62. The second kappa shape index (κ2) is 10.00. The van der Waals surface area contributed by atoms with Crippen LogP contribution in [0.5, 0.6) is 0 Å². The Morgan fingerprint density at radius 2 is 1.81 bits per heavy atom. The van der Waals surface area contributed by atoms with Crippen LogP contribution in [0.2, 0.25) is 0 Å². The zero-order chi connectivity index (χ0) is 22.4. The molecular weight excluding hydrogens is 416 g/mol. The highest BCUT2D eigenvalue weighted by atomic mass is 32.1. The number of aromatic nitrogens is 2. The molecule has 0 saturated heterocycles. The first-order valence-electron chi connectivity index (χ1n) is 10.6. The molecule has 9 heteroatoms. The Bertz CT molecular complexity index is 990. The topological polar surface area (TPSA) is 106 Å². The fourth-order valence-corrected chi connectivity index (χ4v) is 3.82. The first-order chi connectivity index (χ1) is 14.8. The third-order valence-corrected chi connectivity index (χ3v) is 5.63. The second-order valence-corrected chi connectivity index (χ2v) is 8.68. The third-order valence-electron chi connectivity index (χ3n) is 5.37. The molecule has 2 amide bonds. The molecule has 3 rings (SSSR count). The van der Waals surface area contributed by atoms with Gasteiger partial charge in [-0.2, -0.15) is 0 Å². The molecule has 0 unspecified atom stereocenters. The minimum absolute atomic E-state index is 0.174. The predicted molar refractivity (Wildman–Crippen MR) is 117 cm³/mol. The summed E-state index contributed by atoms with van der Waals surface area (Å²) in [6, 6.07) is 8.21. The van der Waals surface area contributed by atoms with Gasteiger partial charge in [0.2, 0.25) is 5.78 Å². The smallest absolute Gasteiger partial charge is 0.347 e. The normalized spacial score (nSPS) is 15.5. The molecule has 166 valence electrons. The summed E-state index contributed by atoms with van der Waals surface area (Å²) in [6.07, 6.45) is 4.87. The molecule has 31 heavy (non-hydrogen) atoms. The first-order valence-corrected chi connectivity index (χ1v) is 11.0. The van der Waals surface area contributed by atoms with Gasteiger partial charge in [-0.15, -0.1) is 9.78 Å². The maximum absolute atomic E-state index is 13.0. The minimum Gasteiger partial charge on any atom is -0.406 e. The lowest BCUT2D eigenvalue weighted by Gasteiger charge is -2.38. The maximum atomic E-state index is 13.0. The average Bonchev–Trinajstić information content (AvgIpc) is 3.15. The van der Waals surface area contributed by atoms with Gasteiger partial charge in [-0.25, -0.2) is 4.79 Å². The highest BCUT2D eigenvalue weighted by molar-refractivity contribution is 7.71. The van der Waals surface area contributed by atoms with Crippen molar-refractivity contribution in [2.45, 2.75) is 64.5 Å². The lowest BCUT2D eigenvalue weighted by atomic mass is 9.88. The van der Waals surface area contributed by atoms with Gasteiger partial charge in [0.05, 0.1) is 0 Å². The van der Waals surface area contributed by atoms with Crippen molar-refractivity contribution < 1.29 is 18.8 Å². The number of ketones is 1. The molecular formula is C22H28N4O4S. The van der Waals surface area contributed by atoms with Crippen molar-refractivity contribution in [3.05, 3.63) is 46.6 Å². The van der Waals surface area contributed by atoms with Gasteiger partial charge in [0.25, 0.3) is 16.6 Å². The van der Waals surface area contributed by atoms with E-state index < -0.39 is 11.7 Å². The average molecular weight is 445 g/mol. The predicted octanol–water partition coefficient (Wildman–Crippen LogP) is 4.47. The molecule has 0 atom stereocenters. The fraction of sp³-hybridized carbons (Fsp3) is 0.500. The van der Waals surface area contributed by atoms with Gasteiger partial charge in [0.15, 0.2) is 0 Å². The summed E-state index contributed by atoms with van der Waals surface area (Å²) >= 11 is 5.11. The van der Waals surface area contributed by atoms with E-state index in [0.717, 1.165) is 23.9 Å². The van der Waals surface area contributed by atoms with Gasteiger partial charge in [-0.1, -0.05) is 38.5 Å². The van der Waals surface area contributed by atoms with Crippen molar-refractivity contribution in [2.24, 2.45) is 5.92 Å². The van der Waals surface area contributed by atoms with E-state index in [9.17, 15) is 14.4 Å². The number of nitrogens with one attached hydrogen (secondary N) is 2. The van der Waals surface area contributed by atoms with Crippen molar-refractivity contribution in [1.29, 1.82) is 0 Å². The van der Waals surface area contributed by atoms with Gasteiger partial charge >= 0.3 is 6.03 Å². The van der Waals surface area contributed by atoms with Crippen molar-refractivity contribution in [1.82, 2.24) is 20.4 Å². The summed E-state index contributed by atoms with van der Waals surface area (Å²) in [4.78, 5) is 37.8. The number of benzene rings is 1. The number of carbonyl (C=O) groups is 3. The van der Waals surface area contributed by atoms with Gasteiger partial charge < -0.3 is 15.1 Å². The molecule has 2 aromatic rings. The van der Waals surface area contributed by atoms with E-state index in [1.807, 2.05) is 19.9 Å². The molecule has 0 spiro atoms. The molecule has 1 aliphatic rings. The minimum atomic E-state index is -0.919. The second-order valence-electron chi connectivity index (χ2n) is 8.33. The molecule has 1 aromatic heterocycles. The molecule has 1 aliphatic carbocycles. The number of hydrogen-bond donors (Lipinski definition) is 2. The number of nitrogens with zero attached hydrogens (tertiary/aromatic N) is 2. The largest absolute Gasteiger partial charge is 0.406 e. The lowest BCUT2D eigenvalue weighted by molar-refractivity contribution is 0.0841. The molecule has 1 heterocycles. The van der Waals surface area contributed by atoms with E-state index in [1.165, 1.54) is 0 Å². The molecule has 0 aliphatic heterocycles. The summed E-state index contributed by atoms with van der Waals surface area (Å²) in [7, 11) is 0. The lowest BCUT2D eigenvalue weighted by Crippen LogP contribution is -2.62. The van der Waals surface area contributed by atoms with Crippen LogP contribution in [-0.4, -0.2) is 33.2 Å². The highest BCUT2D eigenvalue weighted by Gasteiger charge is 2.36. The van der Waals surface area contributed by atoms with Crippen LogP contribution in [0.3, 0.4) is 0 Å². The molecule has 1 saturated carbocycles. The van der Waals surface area contributed by atoms with Crippen molar-refractivity contribution in [2.75, 3.05) is 0 Å². The molecule has 1 aromatic carbocycles. The summed E-state index contributed by atoms with van der Waals surface area (Å²) in [5.74, 6) is -0.379. The number of amides is 2. The molecule has 0 bridgehead atoms. The Morgan fingerprint density at radius 1 is 1.13 bits per heavy atom. The molecule has 0 radical (unpaired) electrons. The van der Waals surface area contributed by atoms with Crippen LogP contribution in [-0.2, 0) is 0 Å². The Hall–Kier alpha value is -2.81. The standard InChI is InChI=1S/C22H28N4O4S/c1-15(2)11-12-17(27)19-25-26(21(31)30-19)20(29)24-22(13-7-4-8-14-22)23-18(28)16-9-5-3-6-10-16/h3,5-6,9-10,15H,4,7-8,11-14H2,1-2H3,(H,23,28)(H,24,29). The van der Waals surface area contributed by atoms with Crippen LogP contribution in [0.1, 0.15) is 79.8 Å². The quantitative estimate of drug-likeness (QED) is 0.371. The Balaban J connectivity index is 1.76. The van der Waals surface area contributed by atoms with Crippen molar-refractivity contribution >= 4 is 29.9 Å². The first kappa shape index (κ1) is 22.9. The van der Waals surface area contributed by atoms with Crippen LogP contribution >= 0.6 is 12.2 Å². The van der Waals surface area contributed by atoms with Gasteiger partial charge in [-0.05, 0) is 62.4 Å². The third kappa shape index (κ3) is 5.88. The van der Waals surface area contributed by atoms with Crippen LogP contribution in [0.25, 0.3) is 0 Å². The summed E-state index contributed by atoms with van der Waals surface area (Å²) in [6.45, 7) is 4.03. The van der Waals surface area contributed by atoms with E-state index in [-0.39, 0.29) is 28.8 Å². The number of Topliss-reactive ketones (excluding diaryl/α,β-unsaturated/α-hetero) is 1. The van der Waals surface area contributed by atoms with Crippen molar-refractivity contribution in [3.8, 4) is 0 Å². The number of carbonyl (C=O) groups excluding carboxylic acids is 3. The molecule has 1 fully saturated rings. The van der Waals surface area contributed by atoms with E-state index in [4.69, 9.17) is 16.6 Å². The number of rotatable bonds is 7. The monoisotopic (exact) mass is 444 g/mol. The van der Waals surface area contributed by atoms with Crippen LogP contribution in [0, 0.1) is 10.8 Å². The maximum Gasteiger partial charge on any atom is 0.347 e. The van der Waals surface area contributed by atoms with Gasteiger partial charge in [0, 0.05) is 12.0 Å². The highest BCUT2D eigenvalue weighted by Crippen LogP contribution is 2.26. The zero-order valence-corrected chi connectivity index (χ0v) is 18.7. The summed E-state index contributed by atoms with van der Waals surface area (Å²) in [5, 5.41) is 9.86. The SMILES string of the molecule is CC(C)CCC(=O)c1nn(C(=O)NC2(NC(=O)c3ccccc3)CCCCC2)c(=S)o1. The summed E-state index contributed by atoms with van der Waals surface area (Å²) < 4.78 is 6.15. The Kier molecular flexibility index (Phi) is 7.37. The van der Waals surface area contributed by atoms with Crippen LogP contribution in [0.4, 0.5) is 4.79 Å². The molecule has 8 nitrogen and oxygen atoms in total. The van der Waals surface area contributed by atoms with Crippen LogP contribution < -0.4 is 10.6 Å². The van der Waals surface area contributed by atoms with Crippen LogP contribution in [0.15, 0.2) is 34.7 Å². The van der Waals surface area contributed by atoms with Gasteiger partial charge in [0.1, 0.15) is 5.66 Å². The van der Waals surface area contributed by atoms with E-state index in [2.05, 4.69) is 15.7 Å².